The van der Waals surface area contributed by atoms with Crippen molar-refractivity contribution in [2.24, 2.45) is 0 Å². The lowest BCUT2D eigenvalue weighted by atomic mass is 9.82. The Morgan fingerprint density at radius 1 is 0.543 bits per heavy atom. The molecular formula is C68H52N2. The molecule has 2 nitrogen and oxygen atoms in total. The Bertz CT molecular complexity index is 3580. The smallest absolute Gasteiger partial charge is 0.0487 e. The van der Waals surface area contributed by atoms with Crippen LogP contribution in [-0.4, -0.2) is 12.6 Å². The van der Waals surface area contributed by atoms with Crippen LogP contribution in [0, 0.1) is 0 Å². The minimum absolute atomic E-state index is 0.178. The molecule has 10 aromatic carbocycles. The Morgan fingerprint density at radius 3 is 1.93 bits per heavy atom. The molecule has 0 N–H and O–H groups in total. The molecule has 10 aromatic rings. The van der Waals surface area contributed by atoms with Crippen molar-refractivity contribution in [3.8, 4) is 33.4 Å². The largest absolute Gasteiger partial charge is 0.338 e. The average Bonchev–Trinajstić information content (AvgIpc) is 3.64. The van der Waals surface area contributed by atoms with Gasteiger partial charge in [-0.05, 0) is 144 Å². The van der Waals surface area contributed by atoms with Crippen LogP contribution in [0.4, 0.5) is 22.7 Å². The van der Waals surface area contributed by atoms with Crippen LogP contribution in [0.1, 0.15) is 34.6 Å². The van der Waals surface area contributed by atoms with Gasteiger partial charge in [0.1, 0.15) is 0 Å². The van der Waals surface area contributed by atoms with E-state index in [2.05, 4.69) is 277 Å². The van der Waals surface area contributed by atoms with Gasteiger partial charge in [-0.2, -0.15) is 0 Å². The Balaban J connectivity index is 1.02. The molecule has 2 atom stereocenters. The van der Waals surface area contributed by atoms with E-state index in [1.54, 1.807) is 0 Å². The molecule has 1 heterocycles. The van der Waals surface area contributed by atoms with Crippen LogP contribution in [-0.2, 0) is 0 Å². The van der Waals surface area contributed by atoms with Crippen LogP contribution in [0.25, 0.3) is 66.6 Å². The number of rotatable bonds is 11. The lowest BCUT2D eigenvalue weighted by molar-refractivity contribution is 0.630. The molecule has 2 heteroatoms. The third-order valence-electron chi connectivity index (χ3n) is 14.3. The fourth-order valence-corrected chi connectivity index (χ4v) is 11.2. The van der Waals surface area contributed by atoms with Crippen LogP contribution in [0.15, 0.2) is 267 Å². The zero-order valence-electron chi connectivity index (χ0n) is 39.1. The normalized spacial score (nSPS) is 15.1. The van der Waals surface area contributed by atoms with Crippen molar-refractivity contribution in [1.29, 1.82) is 0 Å². The first-order valence-corrected chi connectivity index (χ1v) is 24.5. The molecule has 334 valence electrons. The SMILES string of the molecule is C=C/C=C(\C=C/CN(c1cc(-c2ccccc2)cc(-c2ccccc2)c1)c1cccc(-c2cccc3c2C2c4ccccc4C=CCC2N3c2ccccc2)c1)c1cc2ccccc2c2ccccc12. The van der Waals surface area contributed by atoms with Gasteiger partial charge in [0, 0.05) is 41.3 Å². The number of allylic oxidation sites excluding steroid dienone is 4. The Hall–Kier alpha value is -8.72. The highest BCUT2D eigenvalue weighted by Crippen LogP contribution is 2.54. The predicted octanol–water partition coefficient (Wildman–Crippen LogP) is 18.0. The lowest BCUT2D eigenvalue weighted by Crippen LogP contribution is -2.30. The molecule has 0 fully saturated rings. The number of nitrogens with zero attached hydrogens (tertiary/aromatic N) is 2. The number of benzene rings is 10. The second-order valence-corrected chi connectivity index (χ2v) is 18.4. The first-order valence-electron chi connectivity index (χ1n) is 24.5. The summed E-state index contributed by atoms with van der Waals surface area (Å²) in [7, 11) is 0. The van der Waals surface area contributed by atoms with E-state index in [0.717, 1.165) is 23.4 Å². The summed E-state index contributed by atoms with van der Waals surface area (Å²) in [5, 5.41) is 4.95. The minimum Gasteiger partial charge on any atom is -0.338 e. The molecule has 1 aliphatic heterocycles. The second-order valence-electron chi connectivity index (χ2n) is 18.4. The zero-order chi connectivity index (χ0) is 46.8. The first kappa shape index (κ1) is 42.6. The van der Waals surface area contributed by atoms with Gasteiger partial charge in [0.2, 0.25) is 0 Å². The van der Waals surface area contributed by atoms with Crippen molar-refractivity contribution in [2.45, 2.75) is 18.4 Å². The maximum Gasteiger partial charge on any atom is 0.0487 e. The highest BCUT2D eigenvalue weighted by Gasteiger charge is 2.42. The van der Waals surface area contributed by atoms with Gasteiger partial charge in [0.05, 0.1) is 0 Å². The van der Waals surface area contributed by atoms with Crippen LogP contribution in [0.2, 0.25) is 0 Å². The average molecular weight is 897 g/mol. The third kappa shape index (κ3) is 7.94. The summed E-state index contributed by atoms with van der Waals surface area (Å²) in [6.07, 6.45) is 14.3. The summed E-state index contributed by atoms with van der Waals surface area (Å²) in [6, 6.07) is 84.7. The van der Waals surface area contributed by atoms with Gasteiger partial charge in [0.25, 0.3) is 0 Å². The van der Waals surface area contributed by atoms with Crippen molar-refractivity contribution in [1.82, 2.24) is 0 Å². The molecule has 0 saturated carbocycles. The van der Waals surface area contributed by atoms with Crippen LogP contribution in [0.5, 0.6) is 0 Å². The van der Waals surface area contributed by atoms with Gasteiger partial charge < -0.3 is 9.80 Å². The van der Waals surface area contributed by atoms with Crippen molar-refractivity contribution in [3.05, 3.63) is 290 Å². The van der Waals surface area contributed by atoms with Crippen LogP contribution < -0.4 is 9.80 Å². The first-order chi connectivity index (χ1) is 34.7. The Morgan fingerprint density at radius 2 is 1.17 bits per heavy atom. The molecule has 2 unspecified atom stereocenters. The van der Waals surface area contributed by atoms with Gasteiger partial charge >= 0.3 is 0 Å². The summed E-state index contributed by atoms with van der Waals surface area (Å²) in [5.74, 6) is 0.178. The molecule has 12 rings (SSSR count). The summed E-state index contributed by atoms with van der Waals surface area (Å²) in [6.45, 7) is 4.80. The summed E-state index contributed by atoms with van der Waals surface area (Å²) in [5.41, 5.74) is 18.3. The van der Waals surface area contributed by atoms with E-state index < -0.39 is 0 Å². The molecule has 0 spiro atoms. The molecule has 0 saturated heterocycles. The van der Waals surface area contributed by atoms with Gasteiger partial charge in [-0.3, -0.25) is 0 Å². The van der Waals surface area contributed by atoms with Crippen LogP contribution >= 0.6 is 0 Å². The monoisotopic (exact) mass is 896 g/mol. The van der Waals surface area contributed by atoms with E-state index in [1.807, 2.05) is 6.08 Å². The highest BCUT2D eigenvalue weighted by molar-refractivity contribution is 6.12. The third-order valence-corrected chi connectivity index (χ3v) is 14.3. The molecule has 0 aromatic heterocycles. The van der Waals surface area contributed by atoms with Crippen LogP contribution in [0.3, 0.4) is 0 Å². The number of anilines is 4. The topological polar surface area (TPSA) is 6.48 Å². The quantitative estimate of drug-likeness (QED) is 0.0943. The predicted molar refractivity (Wildman–Crippen MR) is 299 cm³/mol. The molecule has 1 aliphatic carbocycles. The minimum atomic E-state index is 0.178. The van der Waals surface area contributed by atoms with E-state index in [9.17, 15) is 0 Å². The second kappa shape index (κ2) is 18.8. The van der Waals surface area contributed by atoms with E-state index in [-0.39, 0.29) is 12.0 Å². The molecule has 2 aliphatic rings. The summed E-state index contributed by atoms with van der Waals surface area (Å²) >= 11 is 0. The Kier molecular flexibility index (Phi) is 11.4. The van der Waals surface area contributed by atoms with Gasteiger partial charge in [-0.1, -0.05) is 219 Å². The fourth-order valence-electron chi connectivity index (χ4n) is 11.2. The molecule has 0 amide bonds. The van der Waals surface area contributed by atoms with E-state index in [4.69, 9.17) is 0 Å². The molecule has 70 heavy (non-hydrogen) atoms. The lowest BCUT2D eigenvalue weighted by Gasteiger charge is -2.30. The standard InChI is InChI=1S/C68H52N2/c1-2-22-50(64-47-53-28-13-14-35-59(53)62-37-16-17-38-63(62)64)31-21-42-69(58-45-54(48-23-6-3-7-24-48)43-55(46-58)49-25-8-4-9-26-49)57-34-18-30-52(44-57)61-39-20-41-66-68(61)67-60-36-15-12-27-51(60)29-19-40-65(67)70(66)56-32-10-5-11-33-56/h2-39,41,43-47,65,67H,1,40,42H2/b31-21-,50-22+. The van der Waals surface area contributed by atoms with Gasteiger partial charge in [-0.15, -0.1) is 0 Å². The number of hydrogen-bond donors (Lipinski definition) is 0. The highest BCUT2D eigenvalue weighted by atomic mass is 15.2. The van der Waals surface area contributed by atoms with E-state index in [0.29, 0.717) is 6.54 Å². The summed E-state index contributed by atoms with van der Waals surface area (Å²) < 4.78 is 0. The van der Waals surface area contributed by atoms with Gasteiger partial charge in [-0.25, -0.2) is 0 Å². The number of para-hydroxylation sites is 1. The van der Waals surface area contributed by atoms with Crippen molar-refractivity contribution in [3.63, 3.8) is 0 Å². The maximum absolute atomic E-state index is 4.18. The zero-order valence-corrected chi connectivity index (χ0v) is 39.1. The summed E-state index contributed by atoms with van der Waals surface area (Å²) in [4.78, 5) is 5.08. The van der Waals surface area contributed by atoms with Gasteiger partial charge in [0.15, 0.2) is 0 Å². The maximum atomic E-state index is 4.18. The van der Waals surface area contributed by atoms with Crippen molar-refractivity contribution in [2.75, 3.05) is 16.3 Å². The van der Waals surface area contributed by atoms with E-state index in [1.165, 1.54) is 88.6 Å². The molecule has 0 bridgehead atoms. The van der Waals surface area contributed by atoms with Crippen molar-refractivity contribution >= 4 is 55.9 Å². The number of hydrogen-bond acceptors (Lipinski definition) is 2. The number of fused-ring (bicyclic) bond motifs is 8. The van der Waals surface area contributed by atoms with E-state index >= 15 is 0 Å². The fraction of sp³-hybridized carbons (Fsp3) is 0.0588. The Labute approximate surface area is 411 Å². The molecular weight excluding hydrogens is 845 g/mol. The van der Waals surface area contributed by atoms with Crippen molar-refractivity contribution < 1.29 is 0 Å². The molecule has 0 radical (unpaired) electrons.